The molecule has 27 heavy (non-hydrogen) atoms. The van der Waals surface area contributed by atoms with Crippen LogP contribution >= 0.6 is 11.3 Å². The molecule has 2 heterocycles. The minimum atomic E-state index is -0.500. The summed E-state index contributed by atoms with van der Waals surface area (Å²) < 4.78 is 18.7. The summed E-state index contributed by atoms with van der Waals surface area (Å²) in [5.74, 6) is -0.817. The molecule has 1 amide bonds. The van der Waals surface area contributed by atoms with E-state index in [0.717, 1.165) is 20.9 Å². The molecule has 1 N–H and O–H groups in total. The number of amides is 1. The lowest BCUT2D eigenvalue weighted by Crippen LogP contribution is -2.20. The number of pyridine rings is 1. The molecule has 0 spiro atoms. The van der Waals surface area contributed by atoms with Crippen molar-refractivity contribution >= 4 is 33.3 Å². The molecule has 2 aromatic carbocycles. The zero-order chi connectivity index (χ0) is 18.6. The highest BCUT2D eigenvalue weighted by molar-refractivity contribution is 7.21. The number of halogens is 1. The molecule has 0 radical (unpaired) electrons. The Hall–Kier alpha value is -3.32. The average Bonchev–Trinajstić information content (AvgIpc) is 3.12. The van der Waals surface area contributed by atoms with Crippen molar-refractivity contribution in [2.45, 2.75) is 0 Å². The van der Waals surface area contributed by atoms with Crippen molar-refractivity contribution < 1.29 is 13.9 Å². The zero-order valence-corrected chi connectivity index (χ0v) is 14.9. The van der Waals surface area contributed by atoms with E-state index in [1.807, 2.05) is 24.3 Å². The van der Waals surface area contributed by atoms with E-state index < -0.39 is 5.82 Å². The second-order valence-corrected chi connectivity index (χ2v) is 6.67. The van der Waals surface area contributed by atoms with Crippen LogP contribution < -0.4 is 10.1 Å². The van der Waals surface area contributed by atoms with Crippen molar-refractivity contribution in [3.05, 3.63) is 72.7 Å². The monoisotopic (exact) mass is 379 g/mol. The molecule has 0 saturated heterocycles. The van der Waals surface area contributed by atoms with Crippen LogP contribution in [-0.4, -0.2) is 22.5 Å². The van der Waals surface area contributed by atoms with Gasteiger partial charge in [0.05, 0.1) is 0 Å². The van der Waals surface area contributed by atoms with Crippen molar-refractivity contribution in [2.24, 2.45) is 0 Å². The number of carbonyl (C=O) groups excluding carboxylic acids is 1. The van der Waals surface area contributed by atoms with E-state index in [4.69, 9.17) is 4.74 Å². The van der Waals surface area contributed by atoms with E-state index in [-0.39, 0.29) is 18.3 Å². The third-order valence-corrected chi connectivity index (χ3v) is 4.81. The molecule has 0 aliphatic heterocycles. The number of benzene rings is 2. The lowest BCUT2D eigenvalue weighted by Gasteiger charge is -2.08. The normalized spacial score (nSPS) is 10.7. The van der Waals surface area contributed by atoms with Crippen LogP contribution in [0.2, 0.25) is 0 Å². The Morgan fingerprint density at radius 2 is 1.89 bits per heavy atom. The van der Waals surface area contributed by atoms with Crippen molar-refractivity contribution in [2.75, 3.05) is 11.9 Å². The summed E-state index contributed by atoms with van der Waals surface area (Å²) in [6.07, 6.45) is 1.74. The van der Waals surface area contributed by atoms with Gasteiger partial charge in [-0.1, -0.05) is 23.5 Å². The van der Waals surface area contributed by atoms with Gasteiger partial charge >= 0.3 is 0 Å². The van der Waals surface area contributed by atoms with E-state index >= 15 is 0 Å². The van der Waals surface area contributed by atoms with E-state index in [0.29, 0.717) is 5.69 Å². The summed E-state index contributed by atoms with van der Waals surface area (Å²) >= 11 is 1.51. The Morgan fingerprint density at radius 3 is 2.67 bits per heavy atom. The molecule has 0 atom stereocenters. The topological polar surface area (TPSA) is 64.1 Å². The molecular weight excluding hydrogens is 365 g/mol. The Bertz CT molecular complexity index is 1060. The molecule has 134 valence electrons. The number of hydrogen-bond donors (Lipinski definition) is 1. The lowest BCUT2D eigenvalue weighted by molar-refractivity contribution is -0.118. The molecule has 0 fully saturated rings. The van der Waals surface area contributed by atoms with Gasteiger partial charge in [0.1, 0.15) is 15.4 Å². The maximum Gasteiger partial charge on any atom is 0.262 e. The summed E-state index contributed by atoms with van der Waals surface area (Å²) in [5, 5.41) is 3.59. The third kappa shape index (κ3) is 3.93. The van der Waals surface area contributed by atoms with Crippen molar-refractivity contribution in [1.82, 2.24) is 9.97 Å². The standard InChI is InChI=1S/C20H14FN3O2S/c21-15-4-1-2-6-17(15)26-12-18(25)23-14-9-7-13(8-10-14)19-24-16-5-3-11-22-20(16)27-19/h1-11H,12H2,(H,23,25). The predicted molar refractivity (Wildman–Crippen MR) is 103 cm³/mol. The van der Waals surface area contributed by atoms with Crippen LogP contribution in [0.4, 0.5) is 10.1 Å². The van der Waals surface area contributed by atoms with Gasteiger partial charge in [-0.3, -0.25) is 4.79 Å². The number of nitrogens with zero attached hydrogens (tertiary/aromatic N) is 2. The van der Waals surface area contributed by atoms with Gasteiger partial charge in [0.25, 0.3) is 5.91 Å². The fraction of sp³-hybridized carbons (Fsp3) is 0.0500. The number of ether oxygens (including phenoxy) is 1. The number of hydrogen-bond acceptors (Lipinski definition) is 5. The molecule has 7 heteroatoms. The molecule has 0 aliphatic rings. The van der Waals surface area contributed by atoms with E-state index in [1.54, 1.807) is 30.5 Å². The van der Waals surface area contributed by atoms with Crippen LogP contribution in [-0.2, 0) is 4.79 Å². The van der Waals surface area contributed by atoms with Crippen LogP contribution in [0.25, 0.3) is 20.9 Å². The average molecular weight is 379 g/mol. The third-order valence-electron chi connectivity index (χ3n) is 3.78. The second-order valence-electron chi connectivity index (χ2n) is 5.69. The van der Waals surface area contributed by atoms with Crippen LogP contribution in [0, 0.1) is 5.82 Å². The lowest BCUT2D eigenvalue weighted by atomic mass is 10.2. The largest absolute Gasteiger partial charge is 0.481 e. The summed E-state index contributed by atoms with van der Waals surface area (Å²) in [6.45, 7) is -0.272. The maximum absolute atomic E-state index is 13.5. The Labute approximate surface area is 158 Å². The number of fused-ring (bicyclic) bond motifs is 1. The number of rotatable bonds is 5. The number of carbonyl (C=O) groups is 1. The fourth-order valence-electron chi connectivity index (χ4n) is 2.49. The molecule has 4 rings (SSSR count). The molecule has 0 saturated carbocycles. The Morgan fingerprint density at radius 1 is 1.07 bits per heavy atom. The highest BCUT2D eigenvalue weighted by Crippen LogP contribution is 2.29. The molecule has 0 aliphatic carbocycles. The molecule has 4 aromatic rings. The first-order valence-electron chi connectivity index (χ1n) is 8.18. The van der Waals surface area contributed by atoms with Crippen molar-refractivity contribution in [3.8, 4) is 16.3 Å². The van der Waals surface area contributed by atoms with Gasteiger partial charge in [0.2, 0.25) is 0 Å². The number of anilines is 1. The van der Waals surface area contributed by atoms with Crippen molar-refractivity contribution in [1.29, 1.82) is 0 Å². The molecule has 5 nitrogen and oxygen atoms in total. The first kappa shape index (κ1) is 17.1. The SMILES string of the molecule is O=C(COc1ccccc1F)Nc1ccc(-c2nc3cccnc3s2)cc1. The minimum absolute atomic E-state index is 0.0486. The van der Waals surface area contributed by atoms with Crippen LogP contribution in [0.1, 0.15) is 0 Å². The van der Waals surface area contributed by atoms with Gasteiger partial charge in [-0.2, -0.15) is 0 Å². The minimum Gasteiger partial charge on any atom is -0.481 e. The van der Waals surface area contributed by atoms with Gasteiger partial charge in [-0.25, -0.2) is 14.4 Å². The molecular formula is C20H14FN3O2S. The van der Waals surface area contributed by atoms with Gasteiger partial charge < -0.3 is 10.1 Å². The Balaban J connectivity index is 1.40. The van der Waals surface area contributed by atoms with Crippen LogP contribution in [0.5, 0.6) is 5.75 Å². The number of thiazole rings is 1. The van der Waals surface area contributed by atoms with Gasteiger partial charge in [-0.05, 0) is 48.5 Å². The molecule has 2 aromatic heterocycles. The summed E-state index contributed by atoms with van der Waals surface area (Å²) in [5.41, 5.74) is 2.43. The van der Waals surface area contributed by atoms with E-state index in [2.05, 4.69) is 15.3 Å². The first-order valence-corrected chi connectivity index (χ1v) is 9.00. The Kier molecular flexibility index (Phi) is 4.76. The van der Waals surface area contributed by atoms with Crippen molar-refractivity contribution in [3.63, 3.8) is 0 Å². The highest BCUT2D eigenvalue weighted by atomic mass is 32.1. The fourth-order valence-corrected chi connectivity index (χ4v) is 3.40. The summed E-state index contributed by atoms with van der Waals surface area (Å²) in [6, 6.07) is 17.1. The number of para-hydroxylation sites is 1. The predicted octanol–water partition coefficient (Wildman–Crippen LogP) is 4.51. The first-order chi connectivity index (χ1) is 13.2. The van der Waals surface area contributed by atoms with E-state index in [1.165, 1.54) is 23.5 Å². The summed E-state index contributed by atoms with van der Waals surface area (Å²) in [4.78, 5) is 21.7. The highest BCUT2D eigenvalue weighted by Gasteiger charge is 2.09. The smallest absolute Gasteiger partial charge is 0.262 e. The van der Waals surface area contributed by atoms with Crippen LogP contribution in [0.3, 0.4) is 0 Å². The quantitative estimate of drug-likeness (QED) is 0.554. The molecule has 0 bridgehead atoms. The summed E-state index contributed by atoms with van der Waals surface area (Å²) in [7, 11) is 0. The maximum atomic E-state index is 13.5. The van der Waals surface area contributed by atoms with Gasteiger partial charge in [-0.15, -0.1) is 0 Å². The van der Waals surface area contributed by atoms with Gasteiger partial charge in [0.15, 0.2) is 18.2 Å². The number of nitrogens with one attached hydrogen (secondary N) is 1. The second kappa shape index (κ2) is 7.51. The zero-order valence-electron chi connectivity index (χ0n) is 14.1. The van der Waals surface area contributed by atoms with E-state index in [9.17, 15) is 9.18 Å². The number of aromatic nitrogens is 2. The van der Waals surface area contributed by atoms with Gasteiger partial charge in [0, 0.05) is 17.4 Å². The van der Waals surface area contributed by atoms with Crippen LogP contribution in [0.15, 0.2) is 66.9 Å². The molecule has 0 unspecified atom stereocenters.